The fraction of sp³-hybridized carbons (Fsp3) is 0.409. The molecule has 0 spiro atoms. The molecule has 1 fully saturated rings. The molecule has 1 aliphatic rings. The minimum absolute atomic E-state index is 0.00479. The number of Topliss-reactive ketones (excluding diaryl/α,β-unsaturated/α-hetero) is 1. The van der Waals surface area contributed by atoms with Gasteiger partial charge in [-0.3, -0.25) is 9.69 Å². The second-order valence-corrected chi connectivity index (χ2v) is 9.11. The van der Waals surface area contributed by atoms with Crippen molar-refractivity contribution in [2.75, 3.05) is 39.9 Å². The number of ketones is 1. The van der Waals surface area contributed by atoms with E-state index in [0.717, 1.165) is 11.3 Å². The number of piperazine rings is 1. The summed E-state index contributed by atoms with van der Waals surface area (Å²) < 4.78 is 38.2. The molecule has 0 bridgehead atoms. The van der Waals surface area contributed by atoms with Gasteiger partial charge in [0.2, 0.25) is 10.0 Å². The van der Waals surface area contributed by atoms with Gasteiger partial charge in [-0.15, -0.1) is 0 Å². The fourth-order valence-corrected chi connectivity index (χ4v) is 4.94. The monoisotopic (exact) mass is 432 g/mol. The summed E-state index contributed by atoms with van der Waals surface area (Å²) in [5.41, 5.74) is 1.57. The summed E-state index contributed by atoms with van der Waals surface area (Å²) >= 11 is 0. The number of sulfonamides is 1. The van der Waals surface area contributed by atoms with E-state index in [1.165, 1.54) is 11.2 Å². The van der Waals surface area contributed by atoms with Crippen LogP contribution in [0.5, 0.6) is 11.5 Å². The summed E-state index contributed by atoms with van der Waals surface area (Å²) in [7, 11) is -1.93. The van der Waals surface area contributed by atoms with Gasteiger partial charge in [-0.2, -0.15) is 4.31 Å². The first-order valence-electron chi connectivity index (χ1n) is 9.98. The molecule has 0 amide bonds. The molecule has 0 unspecified atom stereocenters. The van der Waals surface area contributed by atoms with Crippen molar-refractivity contribution < 1.29 is 22.7 Å². The average Bonchev–Trinajstić information content (AvgIpc) is 2.74. The first kappa shape index (κ1) is 22.3. The van der Waals surface area contributed by atoms with Crippen LogP contribution in [0.15, 0.2) is 47.4 Å². The Hall–Kier alpha value is -2.42. The van der Waals surface area contributed by atoms with Gasteiger partial charge < -0.3 is 9.47 Å². The molecule has 1 saturated heterocycles. The average molecular weight is 433 g/mol. The van der Waals surface area contributed by atoms with E-state index in [0.29, 0.717) is 50.6 Å². The topological polar surface area (TPSA) is 76.2 Å². The van der Waals surface area contributed by atoms with E-state index >= 15 is 0 Å². The van der Waals surface area contributed by atoms with Crippen LogP contribution in [0.1, 0.15) is 29.8 Å². The Labute approximate surface area is 178 Å². The standard InChI is InChI=1S/C22H28N2O5S/c1-4-29-20-6-8-21(9-7-20)30(26,27)24-13-11-23(12-14-24)16-19-15-18(17(2)25)5-10-22(19)28-3/h5-10,15H,4,11-14,16H2,1-3H3. The van der Waals surface area contributed by atoms with Gasteiger partial charge in [0.25, 0.3) is 0 Å². The van der Waals surface area contributed by atoms with Crippen molar-refractivity contribution in [3.8, 4) is 11.5 Å². The van der Waals surface area contributed by atoms with Gasteiger partial charge in [0, 0.05) is 43.9 Å². The van der Waals surface area contributed by atoms with Gasteiger partial charge >= 0.3 is 0 Å². The Morgan fingerprint density at radius 2 is 1.70 bits per heavy atom. The van der Waals surface area contributed by atoms with E-state index in [1.807, 2.05) is 13.0 Å². The highest BCUT2D eigenvalue weighted by Gasteiger charge is 2.28. The fourth-order valence-electron chi connectivity index (χ4n) is 3.51. The maximum Gasteiger partial charge on any atom is 0.243 e. The Morgan fingerprint density at radius 1 is 1.03 bits per heavy atom. The second-order valence-electron chi connectivity index (χ2n) is 7.17. The van der Waals surface area contributed by atoms with E-state index in [9.17, 15) is 13.2 Å². The largest absolute Gasteiger partial charge is 0.496 e. The third-order valence-corrected chi connectivity index (χ3v) is 7.10. The van der Waals surface area contributed by atoms with Crippen LogP contribution in [-0.4, -0.2) is 63.3 Å². The smallest absolute Gasteiger partial charge is 0.243 e. The van der Waals surface area contributed by atoms with Gasteiger partial charge in [-0.1, -0.05) is 0 Å². The van der Waals surface area contributed by atoms with Gasteiger partial charge in [-0.25, -0.2) is 8.42 Å². The van der Waals surface area contributed by atoms with Gasteiger partial charge in [0.1, 0.15) is 11.5 Å². The van der Waals surface area contributed by atoms with Crippen LogP contribution in [-0.2, 0) is 16.6 Å². The van der Waals surface area contributed by atoms with Crippen LogP contribution in [0.25, 0.3) is 0 Å². The zero-order valence-corrected chi connectivity index (χ0v) is 18.4. The highest BCUT2D eigenvalue weighted by Crippen LogP contribution is 2.24. The number of carbonyl (C=O) groups excluding carboxylic acids is 1. The molecular formula is C22H28N2O5S. The SMILES string of the molecule is CCOc1ccc(S(=O)(=O)N2CCN(Cc3cc(C(C)=O)ccc3OC)CC2)cc1. The van der Waals surface area contributed by atoms with Crippen molar-refractivity contribution in [2.24, 2.45) is 0 Å². The van der Waals surface area contributed by atoms with Crippen molar-refractivity contribution >= 4 is 15.8 Å². The molecule has 0 radical (unpaired) electrons. The van der Waals surface area contributed by atoms with E-state index in [1.54, 1.807) is 43.5 Å². The summed E-state index contributed by atoms with van der Waals surface area (Å²) in [5.74, 6) is 1.39. The number of carbonyl (C=O) groups is 1. The van der Waals surface area contributed by atoms with Crippen molar-refractivity contribution in [2.45, 2.75) is 25.3 Å². The highest BCUT2D eigenvalue weighted by atomic mass is 32.2. The number of methoxy groups -OCH3 is 1. The Morgan fingerprint density at radius 3 is 2.27 bits per heavy atom. The molecule has 3 rings (SSSR count). The molecule has 1 aliphatic heterocycles. The molecule has 0 aliphatic carbocycles. The van der Waals surface area contributed by atoms with E-state index in [2.05, 4.69) is 4.90 Å². The highest BCUT2D eigenvalue weighted by molar-refractivity contribution is 7.89. The third kappa shape index (κ3) is 5.00. The van der Waals surface area contributed by atoms with Gasteiger partial charge in [-0.05, 0) is 56.3 Å². The van der Waals surface area contributed by atoms with Gasteiger partial charge in [0.15, 0.2) is 5.78 Å². The number of hydrogen-bond acceptors (Lipinski definition) is 6. The number of hydrogen-bond donors (Lipinski definition) is 0. The van der Waals surface area contributed by atoms with Crippen LogP contribution in [0.2, 0.25) is 0 Å². The molecular weight excluding hydrogens is 404 g/mol. The summed E-state index contributed by atoms with van der Waals surface area (Å²) in [6.45, 7) is 6.57. The number of ether oxygens (including phenoxy) is 2. The molecule has 0 aromatic heterocycles. The van der Waals surface area contributed by atoms with Crippen molar-refractivity contribution in [1.82, 2.24) is 9.21 Å². The van der Waals surface area contributed by atoms with E-state index in [-0.39, 0.29) is 10.7 Å². The van der Waals surface area contributed by atoms with E-state index in [4.69, 9.17) is 9.47 Å². The minimum Gasteiger partial charge on any atom is -0.496 e. The van der Waals surface area contributed by atoms with Crippen LogP contribution in [0.3, 0.4) is 0 Å². The lowest BCUT2D eigenvalue weighted by Gasteiger charge is -2.34. The van der Waals surface area contributed by atoms with Gasteiger partial charge in [0.05, 0.1) is 18.6 Å². The van der Waals surface area contributed by atoms with Crippen LogP contribution < -0.4 is 9.47 Å². The zero-order valence-electron chi connectivity index (χ0n) is 17.6. The Kier molecular flexibility index (Phi) is 7.12. The number of rotatable bonds is 8. The zero-order chi connectivity index (χ0) is 21.7. The maximum absolute atomic E-state index is 13.0. The molecule has 2 aromatic carbocycles. The molecule has 30 heavy (non-hydrogen) atoms. The van der Waals surface area contributed by atoms with Crippen LogP contribution >= 0.6 is 0 Å². The van der Waals surface area contributed by atoms with E-state index < -0.39 is 10.0 Å². The minimum atomic E-state index is -3.54. The normalized spacial score (nSPS) is 15.7. The lowest BCUT2D eigenvalue weighted by molar-refractivity contribution is 0.101. The molecule has 8 heteroatoms. The first-order chi connectivity index (χ1) is 14.3. The molecule has 2 aromatic rings. The van der Waals surface area contributed by atoms with Crippen molar-refractivity contribution in [1.29, 1.82) is 0 Å². The van der Waals surface area contributed by atoms with Crippen molar-refractivity contribution in [3.63, 3.8) is 0 Å². The number of benzene rings is 2. The quantitative estimate of drug-likeness (QED) is 0.597. The maximum atomic E-state index is 13.0. The summed E-state index contributed by atoms with van der Waals surface area (Å²) in [6.07, 6.45) is 0. The lowest BCUT2D eigenvalue weighted by Crippen LogP contribution is -2.48. The molecule has 1 heterocycles. The summed E-state index contributed by atoms with van der Waals surface area (Å²) in [5, 5.41) is 0. The van der Waals surface area contributed by atoms with Crippen LogP contribution in [0.4, 0.5) is 0 Å². The number of nitrogens with zero attached hydrogens (tertiary/aromatic N) is 2. The predicted molar refractivity (Wildman–Crippen MR) is 115 cm³/mol. The molecule has 162 valence electrons. The predicted octanol–water partition coefficient (Wildman–Crippen LogP) is 2.80. The second kappa shape index (κ2) is 9.59. The lowest BCUT2D eigenvalue weighted by atomic mass is 10.1. The molecule has 0 atom stereocenters. The van der Waals surface area contributed by atoms with Crippen molar-refractivity contribution in [3.05, 3.63) is 53.6 Å². The third-order valence-electron chi connectivity index (χ3n) is 5.18. The molecule has 0 N–H and O–H groups in total. The summed E-state index contributed by atoms with van der Waals surface area (Å²) in [4.78, 5) is 14.1. The Balaban J connectivity index is 1.66. The first-order valence-corrected chi connectivity index (χ1v) is 11.4. The summed E-state index contributed by atoms with van der Waals surface area (Å²) in [6, 6.07) is 12.0. The molecule has 7 nitrogen and oxygen atoms in total. The van der Waals surface area contributed by atoms with Crippen LogP contribution in [0, 0.1) is 0 Å². The Bertz CT molecular complexity index is 981. The molecule has 0 saturated carbocycles.